The Labute approximate surface area is 159 Å². The van der Waals surface area contributed by atoms with Crippen molar-refractivity contribution in [3.63, 3.8) is 0 Å². The van der Waals surface area contributed by atoms with Crippen molar-refractivity contribution in [2.75, 3.05) is 32.1 Å². The number of nitrogens with one attached hydrogen (secondary N) is 1. The maximum absolute atomic E-state index is 13.5. The first kappa shape index (κ1) is 21.0. The van der Waals surface area contributed by atoms with Gasteiger partial charge in [0.15, 0.2) is 0 Å². The topological polar surface area (TPSA) is 61.8 Å². The molecule has 0 radical (unpaired) electrons. The minimum Gasteiger partial charge on any atom is -0.389 e. The summed E-state index contributed by atoms with van der Waals surface area (Å²) in [5.74, 6) is -0.471. The molecule has 0 aromatic heterocycles. The number of aliphatic hydroxyl groups excluding tert-OH is 1. The Morgan fingerprint density at radius 1 is 1.19 bits per heavy atom. The van der Waals surface area contributed by atoms with Gasteiger partial charge < -0.3 is 15.2 Å². The van der Waals surface area contributed by atoms with Gasteiger partial charge in [-0.1, -0.05) is 36.4 Å². The lowest BCUT2D eigenvalue weighted by molar-refractivity contribution is -0.117. The lowest BCUT2D eigenvalue weighted by Crippen LogP contribution is -2.37. The van der Waals surface area contributed by atoms with Crippen molar-refractivity contribution in [2.45, 2.75) is 26.6 Å². The van der Waals surface area contributed by atoms with Gasteiger partial charge >= 0.3 is 0 Å². The number of hydrogen-bond donors (Lipinski definition) is 2. The van der Waals surface area contributed by atoms with Crippen molar-refractivity contribution in [3.8, 4) is 0 Å². The first-order valence-electron chi connectivity index (χ1n) is 8.90. The second-order valence-corrected chi connectivity index (χ2v) is 6.77. The molecule has 146 valence electrons. The van der Waals surface area contributed by atoms with E-state index in [9.17, 15) is 14.3 Å². The Morgan fingerprint density at radius 3 is 2.52 bits per heavy atom. The highest BCUT2D eigenvalue weighted by Gasteiger charge is 2.14. The number of carbonyl (C=O) groups is 1. The zero-order valence-corrected chi connectivity index (χ0v) is 16.0. The standard InChI is InChI=1S/C21H27FN2O3/c1-15-7-6-8-16(2)21(15)23-20(26)12-24(3)11-18(25)14-27-13-17-9-4-5-10-19(17)22/h4-10,18,25H,11-14H2,1-3H3,(H,23,26). The summed E-state index contributed by atoms with van der Waals surface area (Å²) >= 11 is 0. The highest BCUT2D eigenvalue weighted by Crippen LogP contribution is 2.19. The average molecular weight is 374 g/mol. The number of aryl methyl sites for hydroxylation is 2. The molecule has 27 heavy (non-hydrogen) atoms. The monoisotopic (exact) mass is 374 g/mol. The minimum atomic E-state index is -0.769. The Kier molecular flexibility index (Phi) is 7.91. The van der Waals surface area contributed by atoms with Gasteiger partial charge in [0.2, 0.25) is 5.91 Å². The van der Waals surface area contributed by atoms with Gasteiger partial charge in [0, 0.05) is 17.8 Å². The number of anilines is 1. The van der Waals surface area contributed by atoms with Gasteiger partial charge in [-0.2, -0.15) is 0 Å². The first-order chi connectivity index (χ1) is 12.9. The number of benzene rings is 2. The molecule has 0 aliphatic heterocycles. The van der Waals surface area contributed by atoms with E-state index in [0.29, 0.717) is 5.56 Å². The molecule has 2 aromatic rings. The second kappa shape index (κ2) is 10.2. The van der Waals surface area contributed by atoms with Crippen molar-refractivity contribution < 1.29 is 19.0 Å². The molecular formula is C21H27FN2O3. The predicted molar refractivity (Wildman–Crippen MR) is 104 cm³/mol. The van der Waals surface area contributed by atoms with E-state index in [4.69, 9.17) is 4.74 Å². The zero-order chi connectivity index (χ0) is 19.8. The fraction of sp³-hybridized carbons (Fsp3) is 0.381. The van der Waals surface area contributed by atoms with Gasteiger partial charge in [-0.25, -0.2) is 4.39 Å². The molecule has 6 heteroatoms. The Balaban J connectivity index is 1.73. The number of carbonyl (C=O) groups excluding carboxylic acids is 1. The molecular weight excluding hydrogens is 347 g/mol. The largest absolute Gasteiger partial charge is 0.389 e. The highest BCUT2D eigenvalue weighted by molar-refractivity contribution is 5.93. The van der Waals surface area contributed by atoms with Crippen molar-refractivity contribution in [3.05, 3.63) is 65.0 Å². The highest BCUT2D eigenvalue weighted by atomic mass is 19.1. The van der Waals surface area contributed by atoms with E-state index >= 15 is 0 Å². The van der Waals surface area contributed by atoms with E-state index in [1.165, 1.54) is 6.07 Å². The fourth-order valence-electron chi connectivity index (χ4n) is 2.83. The van der Waals surface area contributed by atoms with Crippen LogP contribution in [0.4, 0.5) is 10.1 Å². The van der Waals surface area contributed by atoms with Gasteiger partial charge in [0.1, 0.15) is 5.82 Å². The number of likely N-dealkylation sites (N-methyl/N-ethyl adjacent to an activating group) is 1. The average Bonchev–Trinajstić information content (AvgIpc) is 2.60. The summed E-state index contributed by atoms with van der Waals surface area (Å²) in [6, 6.07) is 12.2. The molecule has 2 rings (SSSR count). The van der Waals surface area contributed by atoms with E-state index in [-0.39, 0.29) is 38.0 Å². The molecule has 0 aliphatic rings. The van der Waals surface area contributed by atoms with E-state index in [2.05, 4.69) is 5.32 Å². The molecule has 0 saturated carbocycles. The van der Waals surface area contributed by atoms with Crippen molar-refractivity contribution >= 4 is 11.6 Å². The SMILES string of the molecule is Cc1cccc(C)c1NC(=O)CN(C)CC(O)COCc1ccccc1F. The molecule has 2 N–H and O–H groups in total. The van der Waals surface area contributed by atoms with Gasteiger partial charge in [-0.15, -0.1) is 0 Å². The molecule has 0 spiro atoms. The molecule has 1 atom stereocenters. The van der Waals surface area contributed by atoms with Crippen LogP contribution in [0.3, 0.4) is 0 Å². The third-order valence-corrected chi connectivity index (χ3v) is 4.21. The molecule has 5 nitrogen and oxygen atoms in total. The van der Waals surface area contributed by atoms with E-state index in [1.807, 2.05) is 32.0 Å². The van der Waals surface area contributed by atoms with Crippen LogP contribution in [0.5, 0.6) is 0 Å². The van der Waals surface area contributed by atoms with Crippen LogP contribution in [-0.4, -0.2) is 48.8 Å². The van der Waals surface area contributed by atoms with Crippen LogP contribution >= 0.6 is 0 Å². The molecule has 0 heterocycles. The van der Waals surface area contributed by atoms with Crippen molar-refractivity contribution in [1.29, 1.82) is 0 Å². The van der Waals surface area contributed by atoms with Crippen LogP contribution in [-0.2, 0) is 16.1 Å². The number of para-hydroxylation sites is 1. The van der Waals surface area contributed by atoms with E-state index in [1.54, 1.807) is 30.1 Å². The van der Waals surface area contributed by atoms with Crippen LogP contribution in [0.25, 0.3) is 0 Å². The second-order valence-electron chi connectivity index (χ2n) is 6.77. The lowest BCUT2D eigenvalue weighted by Gasteiger charge is -2.21. The number of hydrogen-bond acceptors (Lipinski definition) is 4. The van der Waals surface area contributed by atoms with Crippen LogP contribution in [0, 0.1) is 19.7 Å². The Hall–Kier alpha value is -2.28. The molecule has 2 aromatic carbocycles. The maximum atomic E-state index is 13.5. The maximum Gasteiger partial charge on any atom is 0.238 e. The summed E-state index contributed by atoms with van der Waals surface area (Å²) < 4.78 is 18.9. The molecule has 0 fully saturated rings. The summed E-state index contributed by atoms with van der Waals surface area (Å²) in [5, 5.41) is 13.0. The Morgan fingerprint density at radius 2 is 1.85 bits per heavy atom. The predicted octanol–water partition coefficient (Wildman–Crippen LogP) is 2.89. The van der Waals surface area contributed by atoms with E-state index < -0.39 is 6.10 Å². The third-order valence-electron chi connectivity index (χ3n) is 4.21. The summed E-state index contributed by atoms with van der Waals surface area (Å²) in [7, 11) is 1.75. The van der Waals surface area contributed by atoms with Gasteiger partial charge in [0.05, 0.1) is 25.9 Å². The number of halogens is 1. The smallest absolute Gasteiger partial charge is 0.238 e. The van der Waals surface area contributed by atoms with Crippen LogP contribution in [0.1, 0.15) is 16.7 Å². The molecule has 1 amide bonds. The summed E-state index contributed by atoms with van der Waals surface area (Å²) in [6.45, 7) is 4.49. The number of aliphatic hydroxyl groups is 1. The third kappa shape index (κ3) is 6.75. The summed E-state index contributed by atoms with van der Waals surface area (Å²) in [5.41, 5.74) is 3.29. The molecule has 0 aliphatic carbocycles. The van der Waals surface area contributed by atoms with Crippen LogP contribution in [0.15, 0.2) is 42.5 Å². The normalized spacial score (nSPS) is 12.2. The molecule has 0 saturated heterocycles. The Bertz CT molecular complexity index is 747. The quantitative estimate of drug-likeness (QED) is 0.709. The van der Waals surface area contributed by atoms with Crippen molar-refractivity contribution in [2.24, 2.45) is 0 Å². The number of amides is 1. The van der Waals surface area contributed by atoms with Crippen molar-refractivity contribution in [1.82, 2.24) is 4.90 Å². The summed E-state index contributed by atoms with van der Waals surface area (Å²) in [4.78, 5) is 14.0. The number of ether oxygens (including phenoxy) is 1. The first-order valence-corrected chi connectivity index (χ1v) is 8.90. The fourth-order valence-corrected chi connectivity index (χ4v) is 2.83. The molecule has 0 bridgehead atoms. The van der Waals surface area contributed by atoms with Gasteiger partial charge in [-0.3, -0.25) is 9.69 Å². The van der Waals surface area contributed by atoms with Gasteiger partial charge in [-0.05, 0) is 38.1 Å². The zero-order valence-electron chi connectivity index (χ0n) is 16.0. The lowest BCUT2D eigenvalue weighted by atomic mass is 10.1. The van der Waals surface area contributed by atoms with Gasteiger partial charge in [0.25, 0.3) is 0 Å². The van der Waals surface area contributed by atoms with E-state index in [0.717, 1.165) is 16.8 Å². The van der Waals surface area contributed by atoms with Crippen LogP contribution < -0.4 is 5.32 Å². The molecule has 1 unspecified atom stereocenters. The minimum absolute atomic E-state index is 0.0667. The summed E-state index contributed by atoms with van der Waals surface area (Å²) in [6.07, 6.45) is -0.769. The van der Waals surface area contributed by atoms with Crippen LogP contribution in [0.2, 0.25) is 0 Å². The number of nitrogens with zero attached hydrogens (tertiary/aromatic N) is 1. The number of rotatable bonds is 9.